The minimum Gasteiger partial charge on any atom is -0.387 e. The highest BCUT2D eigenvalue weighted by Crippen LogP contribution is 2.43. The van der Waals surface area contributed by atoms with E-state index in [0.29, 0.717) is 17.4 Å². The number of amides is 1. The number of quaternary nitrogens is 1. The van der Waals surface area contributed by atoms with Gasteiger partial charge in [-0.15, -0.1) is 0 Å². The number of hydrogen-bond acceptors (Lipinski definition) is 5. The van der Waals surface area contributed by atoms with Gasteiger partial charge in [0.1, 0.15) is 13.2 Å². The molecule has 0 aliphatic carbocycles. The van der Waals surface area contributed by atoms with E-state index in [1.54, 1.807) is 6.08 Å². The number of nitrogens with zero attached hydrogens (tertiary/aromatic N) is 1. The van der Waals surface area contributed by atoms with Crippen molar-refractivity contribution in [1.82, 2.24) is 5.32 Å². The molecule has 1 amide bonds. The van der Waals surface area contributed by atoms with Crippen LogP contribution in [0.3, 0.4) is 0 Å². The third kappa shape index (κ3) is 36.4. The lowest BCUT2D eigenvalue weighted by Crippen LogP contribution is -2.45. The average Bonchev–Trinajstić information content (AvgIpc) is 3.07. The molecule has 3 unspecified atom stereocenters. The van der Waals surface area contributed by atoms with E-state index in [-0.39, 0.29) is 19.1 Å². The third-order valence-electron chi connectivity index (χ3n) is 8.46. The Hall–Kier alpha value is -1.80. The summed E-state index contributed by atoms with van der Waals surface area (Å²) in [5.41, 5.74) is 0. The normalized spacial score (nSPS) is 15.2. The van der Waals surface area contributed by atoms with Crippen LogP contribution in [0, 0.1) is 0 Å². The average molecular weight is 738 g/mol. The standard InChI is InChI=1S/C42H77N2O6P/c1-6-8-10-12-14-16-17-18-19-20-21-22-23-24-25-26-27-28-30-32-34-36-42(46)43-40(39-50-51(47,48)49-38-37-44(3,4)5)41(45)35-33-31-29-15-13-11-9-7-2/h13,15,17-18,20-21,23-24,33,35,40-41,45H,6-12,14,16,19,22,25-32,34,36-39H2,1-5H3,(H-,43,46,47,48)/p+1/b15-13+,18-17-,21-20-,24-23-,35-33+. The molecule has 0 bridgehead atoms. The van der Waals surface area contributed by atoms with Crippen LogP contribution in [0.1, 0.15) is 149 Å². The number of nitrogens with one attached hydrogen (secondary N) is 1. The van der Waals surface area contributed by atoms with Gasteiger partial charge >= 0.3 is 7.82 Å². The largest absolute Gasteiger partial charge is 0.472 e. The molecule has 0 saturated carbocycles. The lowest BCUT2D eigenvalue weighted by atomic mass is 10.1. The maximum absolute atomic E-state index is 12.8. The van der Waals surface area contributed by atoms with Crippen molar-refractivity contribution < 1.29 is 32.9 Å². The van der Waals surface area contributed by atoms with E-state index < -0.39 is 20.0 Å². The summed E-state index contributed by atoms with van der Waals surface area (Å²) in [5, 5.41) is 13.7. The number of unbranched alkanes of at least 4 members (excludes halogenated alkanes) is 14. The predicted molar refractivity (Wildman–Crippen MR) is 217 cm³/mol. The second kappa shape index (κ2) is 34.0. The molecule has 0 spiro atoms. The number of aliphatic hydroxyl groups excluding tert-OH is 1. The summed E-state index contributed by atoms with van der Waals surface area (Å²) in [6.45, 7) is 4.66. The second-order valence-electron chi connectivity index (χ2n) is 14.6. The molecule has 9 heteroatoms. The van der Waals surface area contributed by atoms with Gasteiger partial charge in [-0.2, -0.15) is 0 Å². The SMILES string of the molecule is CCCC/C=C/CC/C=C/C(O)C(COP(=O)(O)OCC[N+](C)(C)C)NC(=O)CCCCCCCC/C=C\C/C=C\C/C=C\CCCCCCC. The maximum Gasteiger partial charge on any atom is 0.472 e. The summed E-state index contributed by atoms with van der Waals surface area (Å²) in [6, 6.07) is -0.869. The zero-order valence-electron chi connectivity index (χ0n) is 33.3. The summed E-state index contributed by atoms with van der Waals surface area (Å²) >= 11 is 0. The van der Waals surface area contributed by atoms with Crippen LogP contribution in [-0.4, -0.2) is 73.4 Å². The minimum atomic E-state index is -4.34. The van der Waals surface area contributed by atoms with E-state index in [2.05, 4.69) is 67.8 Å². The third-order valence-corrected chi connectivity index (χ3v) is 9.44. The van der Waals surface area contributed by atoms with E-state index in [9.17, 15) is 19.4 Å². The van der Waals surface area contributed by atoms with Crippen LogP contribution in [0.2, 0.25) is 0 Å². The Bertz CT molecular complexity index is 1020. The van der Waals surface area contributed by atoms with E-state index >= 15 is 0 Å². The van der Waals surface area contributed by atoms with Crippen molar-refractivity contribution in [2.45, 2.75) is 161 Å². The van der Waals surface area contributed by atoms with Crippen LogP contribution in [0.15, 0.2) is 60.8 Å². The van der Waals surface area contributed by atoms with Crippen molar-refractivity contribution in [3.05, 3.63) is 60.8 Å². The fourth-order valence-corrected chi connectivity index (χ4v) is 5.90. The van der Waals surface area contributed by atoms with Gasteiger partial charge in [-0.3, -0.25) is 13.8 Å². The molecule has 0 heterocycles. The highest BCUT2D eigenvalue weighted by molar-refractivity contribution is 7.47. The molecule has 3 N–H and O–H groups in total. The highest BCUT2D eigenvalue weighted by atomic mass is 31.2. The molecule has 0 fully saturated rings. The van der Waals surface area contributed by atoms with Gasteiger partial charge in [-0.25, -0.2) is 4.57 Å². The fraction of sp³-hybridized carbons (Fsp3) is 0.738. The monoisotopic (exact) mass is 738 g/mol. The van der Waals surface area contributed by atoms with E-state index in [1.165, 1.54) is 64.2 Å². The quantitative estimate of drug-likeness (QED) is 0.0259. The summed E-state index contributed by atoms with van der Waals surface area (Å²) < 4.78 is 23.4. The van der Waals surface area contributed by atoms with Gasteiger partial charge in [0.25, 0.3) is 0 Å². The van der Waals surface area contributed by atoms with Gasteiger partial charge in [-0.1, -0.05) is 139 Å². The van der Waals surface area contributed by atoms with Crippen molar-refractivity contribution in [1.29, 1.82) is 0 Å². The molecule has 296 valence electrons. The molecule has 0 aromatic carbocycles. The van der Waals surface area contributed by atoms with Crippen LogP contribution < -0.4 is 5.32 Å². The van der Waals surface area contributed by atoms with E-state index in [0.717, 1.165) is 64.2 Å². The van der Waals surface area contributed by atoms with Gasteiger partial charge in [0.2, 0.25) is 5.91 Å². The smallest absolute Gasteiger partial charge is 0.387 e. The molecule has 8 nitrogen and oxygen atoms in total. The number of allylic oxidation sites excluding steroid dienone is 9. The van der Waals surface area contributed by atoms with Crippen molar-refractivity contribution in [2.75, 3.05) is 40.9 Å². The molecule has 0 aromatic rings. The van der Waals surface area contributed by atoms with Crippen LogP contribution >= 0.6 is 7.82 Å². The molecule has 51 heavy (non-hydrogen) atoms. The number of hydrogen-bond donors (Lipinski definition) is 3. The summed E-state index contributed by atoms with van der Waals surface area (Å²) in [4.78, 5) is 23.0. The second-order valence-corrected chi connectivity index (χ2v) is 16.1. The Kier molecular flexibility index (Phi) is 32.8. The van der Waals surface area contributed by atoms with Crippen molar-refractivity contribution >= 4 is 13.7 Å². The molecule has 0 saturated heterocycles. The molecule has 3 atom stereocenters. The minimum absolute atomic E-state index is 0.0501. The molecule has 0 rings (SSSR count). The lowest BCUT2D eigenvalue weighted by molar-refractivity contribution is -0.870. The van der Waals surface area contributed by atoms with E-state index in [4.69, 9.17) is 9.05 Å². The number of carbonyl (C=O) groups excluding carboxylic acids is 1. The first-order chi connectivity index (χ1) is 24.5. The fourth-order valence-electron chi connectivity index (χ4n) is 5.16. The van der Waals surface area contributed by atoms with Crippen LogP contribution in [0.5, 0.6) is 0 Å². The predicted octanol–water partition coefficient (Wildman–Crippen LogP) is 10.7. The van der Waals surface area contributed by atoms with Crippen molar-refractivity contribution in [3.8, 4) is 0 Å². The molecular formula is C42H78N2O6P+. The van der Waals surface area contributed by atoms with Gasteiger partial charge < -0.3 is 19.8 Å². The summed E-state index contributed by atoms with van der Waals surface area (Å²) in [7, 11) is 1.53. The number of carbonyl (C=O) groups is 1. The Labute approximate surface area is 313 Å². The number of phosphoric ester groups is 1. The Morgan fingerprint density at radius 1 is 0.667 bits per heavy atom. The summed E-state index contributed by atoms with van der Waals surface area (Å²) in [5.74, 6) is -0.207. The van der Waals surface area contributed by atoms with Gasteiger partial charge in [-0.05, 0) is 64.2 Å². The van der Waals surface area contributed by atoms with Crippen LogP contribution in [0.25, 0.3) is 0 Å². The molecule has 0 aromatic heterocycles. The number of rotatable bonds is 35. The lowest BCUT2D eigenvalue weighted by Gasteiger charge is -2.25. The Morgan fingerprint density at radius 3 is 1.76 bits per heavy atom. The first kappa shape index (κ1) is 49.2. The Morgan fingerprint density at radius 2 is 1.16 bits per heavy atom. The maximum atomic E-state index is 12.8. The van der Waals surface area contributed by atoms with Gasteiger partial charge in [0.05, 0.1) is 39.9 Å². The molecule has 0 radical (unpaired) electrons. The number of aliphatic hydroxyl groups is 1. The van der Waals surface area contributed by atoms with Crippen molar-refractivity contribution in [3.63, 3.8) is 0 Å². The topological polar surface area (TPSA) is 105 Å². The van der Waals surface area contributed by atoms with Crippen molar-refractivity contribution in [2.24, 2.45) is 0 Å². The zero-order chi connectivity index (χ0) is 37.9. The summed E-state index contributed by atoms with van der Waals surface area (Å²) in [6.07, 6.45) is 43.0. The van der Waals surface area contributed by atoms with Crippen LogP contribution in [0.4, 0.5) is 0 Å². The van der Waals surface area contributed by atoms with E-state index in [1.807, 2.05) is 27.2 Å². The van der Waals surface area contributed by atoms with Gasteiger partial charge in [0.15, 0.2) is 0 Å². The number of phosphoric acid groups is 1. The number of likely N-dealkylation sites (N-methyl/N-ethyl adjacent to an activating group) is 1. The first-order valence-electron chi connectivity index (χ1n) is 20.2. The Balaban J connectivity index is 4.38. The van der Waals surface area contributed by atoms with Gasteiger partial charge in [0, 0.05) is 6.42 Å². The van der Waals surface area contributed by atoms with Crippen LogP contribution in [-0.2, 0) is 18.4 Å². The zero-order valence-corrected chi connectivity index (χ0v) is 34.2. The highest BCUT2D eigenvalue weighted by Gasteiger charge is 2.27. The first-order valence-corrected chi connectivity index (χ1v) is 21.7. The molecule has 0 aliphatic rings. The molecular weight excluding hydrogens is 659 g/mol. The molecule has 0 aliphatic heterocycles.